The van der Waals surface area contributed by atoms with Crippen molar-refractivity contribution in [3.8, 4) is 0 Å². The summed E-state index contributed by atoms with van der Waals surface area (Å²) in [5.41, 5.74) is 2.84. The standard InChI is InChI=1S/C25H32N4OS/c30-25(23-14-24-22(27-23)10-13-31-24)29(16-19-6-4-11-26-15-19)18-20-7-5-12-28(17-20)21-8-2-1-3-9-21/h4,6,10-11,13-15,20-21,27H,1-3,5,7-9,12,16-18H2/t20-/m0/s1. The summed E-state index contributed by atoms with van der Waals surface area (Å²) in [4.78, 5) is 25.9. The summed E-state index contributed by atoms with van der Waals surface area (Å²) in [5.74, 6) is 0.634. The van der Waals surface area contributed by atoms with Crippen molar-refractivity contribution in [1.82, 2.24) is 19.8 Å². The van der Waals surface area contributed by atoms with Crippen LogP contribution >= 0.6 is 11.3 Å². The molecule has 3 aromatic rings. The average Bonchev–Trinajstić information content (AvgIpc) is 3.42. The quantitative estimate of drug-likeness (QED) is 0.570. The number of amides is 1. The molecule has 6 heteroatoms. The van der Waals surface area contributed by atoms with Crippen molar-refractivity contribution in [2.24, 2.45) is 5.92 Å². The normalized spacial score (nSPS) is 20.8. The molecule has 4 heterocycles. The third-order valence-corrected chi connectivity index (χ3v) is 7.84. The van der Waals surface area contributed by atoms with E-state index in [0.29, 0.717) is 18.2 Å². The zero-order valence-corrected chi connectivity index (χ0v) is 18.9. The average molecular weight is 437 g/mol. The number of nitrogens with one attached hydrogen (secondary N) is 1. The molecule has 1 N–H and O–H groups in total. The zero-order valence-electron chi connectivity index (χ0n) is 18.1. The molecule has 0 spiro atoms. The molecule has 0 bridgehead atoms. The van der Waals surface area contributed by atoms with Gasteiger partial charge in [-0.05, 0) is 67.3 Å². The van der Waals surface area contributed by atoms with Gasteiger partial charge in [-0.25, -0.2) is 0 Å². The van der Waals surface area contributed by atoms with Gasteiger partial charge in [0.2, 0.25) is 0 Å². The molecule has 3 aromatic heterocycles. The van der Waals surface area contributed by atoms with Crippen LogP contribution in [0.2, 0.25) is 0 Å². The lowest BCUT2D eigenvalue weighted by Crippen LogP contribution is -2.47. The first-order valence-corrected chi connectivity index (χ1v) is 12.6. The van der Waals surface area contributed by atoms with Crippen LogP contribution in [0.15, 0.2) is 42.0 Å². The largest absolute Gasteiger partial charge is 0.350 e. The molecule has 1 atom stereocenters. The minimum absolute atomic E-state index is 0.0991. The fourth-order valence-corrected chi connectivity index (χ4v) is 6.18. The monoisotopic (exact) mass is 436 g/mol. The Morgan fingerprint density at radius 3 is 2.90 bits per heavy atom. The lowest BCUT2D eigenvalue weighted by Gasteiger charge is -2.41. The Bertz CT molecular complexity index is 963. The Kier molecular flexibility index (Phi) is 6.37. The highest BCUT2D eigenvalue weighted by molar-refractivity contribution is 7.17. The van der Waals surface area contributed by atoms with Crippen molar-refractivity contribution in [1.29, 1.82) is 0 Å². The first-order valence-electron chi connectivity index (χ1n) is 11.7. The molecule has 5 rings (SSSR count). The highest BCUT2D eigenvalue weighted by atomic mass is 32.1. The Morgan fingerprint density at radius 1 is 1.19 bits per heavy atom. The molecular weight excluding hydrogens is 404 g/mol. The highest BCUT2D eigenvalue weighted by Crippen LogP contribution is 2.28. The van der Waals surface area contributed by atoms with E-state index in [1.165, 1.54) is 51.5 Å². The number of rotatable bonds is 6. The number of thiophene rings is 1. The van der Waals surface area contributed by atoms with Gasteiger partial charge in [0.05, 0.1) is 10.2 Å². The first kappa shape index (κ1) is 20.7. The van der Waals surface area contributed by atoms with Crippen molar-refractivity contribution in [2.45, 2.75) is 57.5 Å². The molecular formula is C25H32N4OS. The fourth-order valence-electron chi connectivity index (χ4n) is 5.40. The summed E-state index contributed by atoms with van der Waals surface area (Å²) in [6.07, 6.45) is 13.0. The lowest BCUT2D eigenvalue weighted by atomic mass is 9.90. The minimum atomic E-state index is 0.0991. The molecule has 1 saturated carbocycles. The number of carbonyl (C=O) groups excluding carboxylic acids is 1. The number of H-pyrrole nitrogens is 1. The Balaban J connectivity index is 1.32. The molecule has 2 aliphatic rings. The van der Waals surface area contributed by atoms with E-state index in [9.17, 15) is 4.79 Å². The van der Waals surface area contributed by atoms with Crippen LogP contribution in [0.5, 0.6) is 0 Å². The van der Waals surface area contributed by atoms with Crippen LogP contribution in [0.25, 0.3) is 10.2 Å². The lowest BCUT2D eigenvalue weighted by molar-refractivity contribution is 0.0580. The van der Waals surface area contributed by atoms with Gasteiger partial charge >= 0.3 is 0 Å². The summed E-state index contributed by atoms with van der Waals surface area (Å²) < 4.78 is 1.14. The van der Waals surface area contributed by atoms with E-state index in [0.717, 1.165) is 34.9 Å². The smallest absolute Gasteiger partial charge is 0.270 e. The topological polar surface area (TPSA) is 52.2 Å². The molecule has 31 heavy (non-hydrogen) atoms. The number of carbonyl (C=O) groups is 1. The van der Waals surface area contributed by atoms with Gasteiger partial charge in [0.15, 0.2) is 0 Å². The van der Waals surface area contributed by atoms with E-state index in [1.54, 1.807) is 17.5 Å². The molecule has 1 saturated heterocycles. The number of fused-ring (bicyclic) bond motifs is 1. The fraction of sp³-hybridized carbons (Fsp3) is 0.520. The number of hydrogen-bond donors (Lipinski definition) is 1. The van der Waals surface area contributed by atoms with Crippen LogP contribution in [0.4, 0.5) is 0 Å². The van der Waals surface area contributed by atoms with Crippen LogP contribution in [0.3, 0.4) is 0 Å². The predicted octanol–water partition coefficient (Wildman–Crippen LogP) is 5.31. The van der Waals surface area contributed by atoms with Crippen molar-refractivity contribution in [3.05, 3.63) is 53.3 Å². The summed E-state index contributed by atoms with van der Waals surface area (Å²) >= 11 is 1.67. The third-order valence-electron chi connectivity index (χ3n) is 6.97. The van der Waals surface area contributed by atoms with Gasteiger partial charge in [0.25, 0.3) is 5.91 Å². The second-order valence-corrected chi connectivity index (χ2v) is 10.2. The summed E-state index contributed by atoms with van der Waals surface area (Å²) in [6.45, 7) is 3.77. The van der Waals surface area contributed by atoms with E-state index in [-0.39, 0.29) is 5.91 Å². The van der Waals surface area contributed by atoms with Crippen molar-refractivity contribution in [3.63, 3.8) is 0 Å². The van der Waals surface area contributed by atoms with Crippen LogP contribution < -0.4 is 0 Å². The number of piperidine rings is 1. The van der Waals surface area contributed by atoms with Crippen molar-refractivity contribution >= 4 is 27.5 Å². The number of likely N-dealkylation sites (tertiary alicyclic amines) is 1. The first-order chi connectivity index (χ1) is 15.3. The summed E-state index contributed by atoms with van der Waals surface area (Å²) in [6, 6.07) is 8.83. The maximum Gasteiger partial charge on any atom is 0.270 e. The van der Waals surface area contributed by atoms with Crippen molar-refractivity contribution < 1.29 is 4.79 Å². The minimum Gasteiger partial charge on any atom is -0.350 e. The number of nitrogens with zero attached hydrogens (tertiary/aromatic N) is 3. The zero-order chi connectivity index (χ0) is 21.0. The third kappa shape index (κ3) is 4.85. The van der Waals surface area contributed by atoms with E-state index < -0.39 is 0 Å². The number of hydrogen-bond acceptors (Lipinski definition) is 4. The van der Waals surface area contributed by atoms with Crippen LogP contribution in [-0.4, -0.2) is 51.4 Å². The van der Waals surface area contributed by atoms with E-state index in [1.807, 2.05) is 29.3 Å². The second kappa shape index (κ2) is 9.53. The number of aromatic nitrogens is 2. The van der Waals surface area contributed by atoms with Crippen molar-refractivity contribution in [2.75, 3.05) is 19.6 Å². The second-order valence-electron chi connectivity index (χ2n) is 9.22. The Morgan fingerprint density at radius 2 is 2.10 bits per heavy atom. The molecule has 2 fully saturated rings. The molecule has 0 radical (unpaired) electrons. The maximum absolute atomic E-state index is 13.5. The van der Waals surface area contributed by atoms with E-state index in [4.69, 9.17) is 0 Å². The summed E-state index contributed by atoms with van der Waals surface area (Å²) in [7, 11) is 0. The Labute approximate surface area is 188 Å². The van der Waals surface area contributed by atoms with Gasteiger partial charge in [0, 0.05) is 38.1 Å². The van der Waals surface area contributed by atoms with Crippen LogP contribution in [0.1, 0.15) is 61.0 Å². The van der Waals surface area contributed by atoms with Gasteiger partial charge in [-0.3, -0.25) is 9.78 Å². The molecule has 1 aliphatic heterocycles. The van der Waals surface area contributed by atoms with Gasteiger partial charge in [-0.15, -0.1) is 11.3 Å². The van der Waals surface area contributed by atoms with Crippen LogP contribution in [0, 0.1) is 5.92 Å². The maximum atomic E-state index is 13.5. The van der Waals surface area contributed by atoms with Gasteiger partial charge in [0.1, 0.15) is 5.69 Å². The van der Waals surface area contributed by atoms with Crippen LogP contribution in [-0.2, 0) is 6.54 Å². The van der Waals surface area contributed by atoms with Gasteiger partial charge in [-0.2, -0.15) is 0 Å². The molecule has 164 valence electrons. The highest BCUT2D eigenvalue weighted by Gasteiger charge is 2.29. The number of pyridine rings is 1. The molecule has 1 aliphatic carbocycles. The molecule has 5 nitrogen and oxygen atoms in total. The van der Waals surface area contributed by atoms with Gasteiger partial charge < -0.3 is 14.8 Å². The Hall–Kier alpha value is -2.18. The predicted molar refractivity (Wildman–Crippen MR) is 126 cm³/mol. The summed E-state index contributed by atoms with van der Waals surface area (Å²) in [5, 5.41) is 2.06. The van der Waals surface area contributed by atoms with E-state index in [2.05, 4.69) is 26.3 Å². The number of aromatic amines is 1. The SMILES string of the molecule is O=C(c1cc2sccc2[nH]1)N(Cc1cccnc1)C[C@H]1CCCN(C2CCCCC2)C1. The van der Waals surface area contributed by atoms with Gasteiger partial charge in [-0.1, -0.05) is 25.3 Å². The molecule has 0 aromatic carbocycles. The molecule has 1 amide bonds. The van der Waals surface area contributed by atoms with E-state index >= 15 is 0 Å². The molecule has 0 unspecified atom stereocenters.